The van der Waals surface area contributed by atoms with Crippen LogP contribution in [-0.2, 0) is 14.3 Å². The molecule has 0 radical (unpaired) electrons. The van der Waals surface area contributed by atoms with Gasteiger partial charge in [0.25, 0.3) is 5.91 Å². The van der Waals surface area contributed by atoms with E-state index in [0.29, 0.717) is 4.90 Å². The predicted octanol–water partition coefficient (Wildman–Crippen LogP) is 3.40. The van der Waals surface area contributed by atoms with E-state index in [4.69, 9.17) is 19.0 Å². The standard InChI is InChI=1S/C19H29N3O7/c1-18(2,3)28-16(24)22(17(25)29-19(4,5)6)14-13(26-8)11-10-12(20-14)15(23)21(7)27-9/h10-11H,1-9H3. The summed E-state index contributed by atoms with van der Waals surface area (Å²) in [6.07, 6.45) is -2.05. The van der Waals surface area contributed by atoms with Crippen molar-refractivity contribution >= 4 is 23.9 Å². The Balaban J connectivity index is 3.54. The Kier molecular flexibility index (Phi) is 7.56. The van der Waals surface area contributed by atoms with Gasteiger partial charge in [-0.25, -0.2) is 19.6 Å². The molecule has 0 aliphatic rings. The normalized spacial score (nSPS) is 11.5. The van der Waals surface area contributed by atoms with E-state index >= 15 is 0 Å². The van der Waals surface area contributed by atoms with Gasteiger partial charge in [0, 0.05) is 7.05 Å². The van der Waals surface area contributed by atoms with E-state index < -0.39 is 29.3 Å². The molecular weight excluding hydrogens is 382 g/mol. The first-order chi connectivity index (χ1) is 13.2. The van der Waals surface area contributed by atoms with E-state index in [2.05, 4.69) is 4.98 Å². The summed E-state index contributed by atoms with van der Waals surface area (Å²) in [4.78, 5) is 47.6. The molecule has 1 heterocycles. The van der Waals surface area contributed by atoms with Gasteiger partial charge in [0.15, 0.2) is 11.6 Å². The molecule has 1 aromatic heterocycles. The van der Waals surface area contributed by atoms with E-state index in [1.54, 1.807) is 41.5 Å². The third kappa shape index (κ3) is 6.90. The Labute approximate surface area is 170 Å². The van der Waals surface area contributed by atoms with Gasteiger partial charge in [-0.05, 0) is 53.7 Å². The zero-order chi connectivity index (χ0) is 22.6. The summed E-state index contributed by atoms with van der Waals surface area (Å²) in [6.45, 7) is 9.89. The molecule has 0 aliphatic carbocycles. The first-order valence-electron chi connectivity index (χ1n) is 8.83. The highest BCUT2D eigenvalue weighted by Gasteiger charge is 2.36. The third-order valence-electron chi connectivity index (χ3n) is 3.20. The molecule has 0 unspecified atom stereocenters. The van der Waals surface area contributed by atoms with Crippen molar-refractivity contribution in [3.8, 4) is 5.75 Å². The minimum Gasteiger partial charge on any atom is -0.493 e. The van der Waals surface area contributed by atoms with Crippen molar-refractivity contribution in [3.05, 3.63) is 17.8 Å². The molecule has 3 amide bonds. The van der Waals surface area contributed by atoms with Crippen molar-refractivity contribution < 1.29 is 33.4 Å². The molecule has 162 valence electrons. The van der Waals surface area contributed by atoms with Gasteiger partial charge < -0.3 is 14.2 Å². The monoisotopic (exact) mass is 411 g/mol. The Morgan fingerprint density at radius 1 is 0.897 bits per heavy atom. The molecule has 0 N–H and O–H groups in total. The second-order valence-corrected chi connectivity index (χ2v) is 8.00. The van der Waals surface area contributed by atoms with Crippen LogP contribution >= 0.6 is 0 Å². The number of ether oxygens (including phenoxy) is 3. The van der Waals surface area contributed by atoms with E-state index in [9.17, 15) is 14.4 Å². The summed E-state index contributed by atoms with van der Waals surface area (Å²) >= 11 is 0. The molecule has 0 aliphatic heterocycles. The highest BCUT2D eigenvalue weighted by molar-refractivity contribution is 6.10. The summed E-state index contributed by atoms with van der Waals surface area (Å²) in [5.74, 6) is -0.769. The van der Waals surface area contributed by atoms with Crippen LogP contribution in [0.1, 0.15) is 52.0 Å². The van der Waals surface area contributed by atoms with Crippen molar-refractivity contribution in [2.45, 2.75) is 52.7 Å². The number of aromatic nitrogens is 1. The van der Waals surface area contributed by atoms with Gasteiger partial charge in [0.2, 0.25) is 0 Å². The Morgan fingerprint density at radius 3 is 1.76 bits per heavy atom. The van der Waals surface area contributed by atoms with Crippen LogP contribution in [-0.4, -0.2) is 60.6 Å². The number of hydroxylamine groups is 2. The largest absolute Gasteiger partial charge is 0.493 e. The van der Waals surface area contributed by atoms with Crippen molar-refractivity contribution in [2.24, 2.45) is 0 Å². The lowest BCUT2D eigenvalue weighted by molar-refractivity contribution is -0.0760. The minimum atomic E-state index is -1.03. The van der Waals surface area contributed by atoms with Crippen molar-refractivity contribution in [1.82, 2.24) is 10.0 Å². The fourth-order valence-corrected chi connectivity index (χ4v) is 1.98. The maximum atomic E-state index is 12.8. The van der Waals surface area contributed by atoms with Crippen LogP contribution in [0.4, 0.5) is 15.4 Å². The van der Waals surface area contributed by atoms with Crippen molar-refractivity contribution in [1.29, 1.82) is 0 Å². The number of hydrogen-bond acceptors (Lipinski definition) is 8. The van der Waals surface area contributed by atoms with Gasteiger partial charge in [0.05, 0.1) is 14.2 Å². The van der Waals surface area contributed by atoms with Gasteiger partial charge >= 0.3 is 12.2 Å². The number of hydrogen-bond donors (Lipinski definition) is 0. The summed E-state index contributed by atoms with van der Waals surface area (Å²) in [6, 6.07) is 2.78. The number of methoxy groups -OCH3 is 1. The summed E-state index contributed by atoms with van der Waals surface area (Å²) in [5.41, 5.74) is -1.87. The fourth-order valence-electron chi connectivity index (χ4n) is 1.98. The van der Waals surface area contributed by atoms with Crippen LogP contribution in [0.25, 0.3) is 0 Å². The Hall–Kier alpha value is -2.88. The maximum absolute atomic E-state index is 12.8. The number of imide groups is 1. The van der Waals surface area contributed by atoms with Crippen LogP contribution in [0.3, 0.4) is 0 Å². The van der Waals surface area contributed by atoms with E-state index in [1.807, 2.05) is 0 Å². The molecule has 10 heteroatoms. The van der Waals surface area contributed by atoms with Gasteiger partial charge in [-0.1, -0.05) is 0 Å². The molecule has 0 saturated heterocycles. The lowest BCUT2D eigenvalue weighted by Crippen LogP contribution is -2.44. The zero-order valence-electron chi connectivity index (χ0n) is 18.4. The van der Waals surface area contributed by atoms with Crippen LogP contribution < -0.4 is 9.64 Å². The molecule has 0 saturated carbocycles. The van der Waals surface area contributed by atoms with E-state index in [0.717, 1.165) is 5.06 Å². The smallest absolute Gasteiger partial charge is 0.425 e. The van der Waals surface area contributed by atoms with Crippen LogP contribution in [0, 0.1) is 0 Å². The fraction of sp³-hybridized carbons (Fsp3) is 0.579. The second-order valence-electron chi connectivity index (χ2n) is 8.00. The molecule has 0 aromatic carbocycles. The molecule has 0 fully saturated rings. The van der Waals surface area contributed by atoms with Crippen LogP contribution in [0.2, 0.25) is 0 Å². The van der Waals surface area contributed by atoms with E-state index in [1.165, 1.54) is 33.4 Å². The molecule has 1 rings (SSSR count). The Bertz CT molecular complexity index is 738. The number of anilines is 1. The second kappa shape index (κ2) is 9.08. The number of carbonyl (C=O) groups is 3. The number of amides is 3. The average Bonchev–Trinajstić information content (AvgIpc) is 2.57. The van der Waals surface area contributed by atoms with E-state index in [-0.39, 0.29) is 17.3 Å². The van der Waals surface area contributed by atoms with Gasteiger partial charge in [-0.2, -0.15) is 4.90 Å². The molecule has 0 bridgehead atoms. The number of nitrogens with zero attached hydrogens (tertiary/aromatic N) is 3. The van der Waals surface area contributed by atoms with Gasteiger partial charge in [-0.15, -0.1) is 0 Å². The minimum absolute atomic E-state index is 0.0679. The molecule has 29 heavy (non-hydrogen) atoms. The highest BCUT2D eigenvalue weighted by atomic mass is 16.7. The van der Waals surface area contributed by atoms with Gasteiger partial charge in [0.1, 0.15) is 16.9 Å². The molecule has 1 aromatic rings. The summed E-state index contributed by atoms with van der Waals surface area (Å²) in [7, 11) is 4.05. The first kappa shape index (κ1) is 24.2. The maximum Gasteiger partial charge on any atom is 0.425 e. The Morgan fingerprint density at radius 2 is 1.38 bits per heavy atom. The lowest BCUT2D eigenvalue weighted by Gasteiger charge is -2.28. The topological polar surface area (TPSA) is 108 Å². The molecule has 0 atom stereocenters. The number of pyridine rings is 1. The van der Waals surface area contributed by atoms with Crippen LogP contribution in [0.15, 0.2) is 12.1 Å². The molecule has 0 spiro atoms. The number of carbonyl (C=O) groups excluding carboxylic acids is 3. The summed E-state index contributed by atoms with van der Waals surface area (Å²) in [5, 5.41) is 0.948. The average molecular weight is 411 g/mol. The quantitative estimate of drug-likeness (QED) is 0.694. The third-order valence-corrected chi connectivity index (χ3v) is 3.20. The van der Waals surface area contributed by atoms with Crippen molar-refractivity contribution in [3.63, 3.8) is 0 Å². The lowest BCUT2D eigenvalue weighted by atomic mass is 10.2. The SMILES string of the molecule is COc1ccc(C(=O)N(C)OC)nc1N(C(=O)OC(C)(C)C)C(=O)OC(C)(C)C. The number of rotatable bonds is 4. The van der Waals surface area contributed by atoms with Gasteiger partial charge in [-0.3, -0.25) is 9.63 Å². The van der Waals surface area contributed by atoms with Crippen LogP contribution in [0.5, 0.6) is 5.75 Å². The predicted molar refractivity (Wildman–Crippen MR) is 105 cm³/mol. The summed E-state index contributed by atoms with van der Waals surface area (Å²) < 4.78 is 15.9. The zero-order valence-corrected chi connectivity index (χ0v) is 18.4. The molecular formula is C19H29N3O7. The molecule has 10 nitrogen and oxygen atoms in total. The van der Waals surface area contributed by atoms with Crippen molar-refractivity contribution in [2.75, 3.05) is 26.2 Å². The first-order valence-corrected chi connectivity index (χ1v) is 8.83. The highest BCUT2D eigenvalue weighted by Crippen LogP contribution is 2.29.